The zero-order valence-electron chi connectivity index (χ0n) is 34.5. The Bertz CT molecular complexity index is 2040. The van der Waals surface area contributed by atoms with Crippen molar-refractivity contribution < 1.29 is 58.9 Å². The predicted octanol–water partition coefficient (Wildman–Crippen LogP) is 5.62. The number of methoxy groups -OCH3 is 1. The molecule has 316 valence electrons. The summed E-state index contributed by atoms with van der Waals surface area (Å²) in [5, 5.41) is 64.6. The quantitative estimate of drug-likeness (QED) is 0.0641. The van der Waals surface area contributed by atoms with Crippen molar-refractivity contribution in [3.8, 4) is 23.0 Å². The summed E-state index contributed by atoms with van der Waals surface area (Å²) in [5.41, 5.74) is 2.68. The third-order valence-corrected chi connectivity index (χ3v) is 11.8. The number of carbonyl (C=O) groups excluding carboxylic acids is 3. The zero-order valence-corrected chi connectivity index (χ0v) is 34.5. The number of rotatable bonds is 5. The molecule has 58 heavy (non-hydrogen) atoms. The number of nitrogens with one attached hydrogen (secondary N) is 2. The molecule has 0 spiro atoms. The van der Waals surface area contributed by atoms with Gasteiger partial charge in [0.15, 0.2) is 5.75 Å². The average Bonchev–Trinajstić information content (AvgIpc) is 3.80. The maximum Gasteiger partial charge on any atom is 0.312 e. The van der Waals surface area contributed by atoms with Gasteiger partial charge in [-0.3, -0.25) is 14.4 Å². The van der Waals surface area contributed by atoms with Crippen LogP contribution >= 0.6 is 0 Å². The van der Waals surface area contributed by atoms with Gasteiger partial charge in [0.1, 0.15) is 23.4 Å². The van der Waals surface area contributed by atoms with Crippen LogP contribution in [-0.4, -0.2) is 92.8 Å². The predicted molar refractivity (Wildman–Crippen MR) is 217 cm³/mol. The number of amides is 1. The molecule has 7 N–H and O–H groups in total. The van der Waals surface area contributed by atoms with Crippen molar-refractivity contribution in [1.82, 2.24) is 5.43 Å². The molecular weight excluding hydrogens is 750 g/mol. The molecule has 1 saturated carbocycles. The van der Waals surface area contributed by atoms with Gasteiger partial charge in [0.05, 0.1) is 53.0 Å². The first kappa shape index (κ1) is 44.0. The van der Waals surface area contributed by atoms with Gasteiger partial charge in [-0.15, -0.1) is 0 Å². The number of esters is 1. The van der Waals surface area contributed by atoms with Gasteiger partial charge < -0.3 is 55.2 Å². The second-order valence-electron chi connectivity index (χ2n) is 16.0. The largest absolute Gasteiger partial charge is 0.507 e. The average molecular weight is 808 g/mol. The molecule has 0 saturated heterocycles. The first-order valence-electron chi connectivity index (χ1n) is 19.7. The molecule has 15 heteroatoms. The summed E-state index contributed by atoms with van der Waals surface area (Å²) in [7, 11) is 1.44. The van der Waals surface area contributed by atoms with Crippen molar-refractivity contribution in [1.29, 1.82) is 0 Å². The third kappa shape index (κ3) is 8.52. The van der Waals surface area contributed by atoms with E-state index < -0.39 is 88.8 Å². The van der Waals surface area contributed by atoms with E-state index in [0.29, 0.717) is 0 Å². The Morgan fingerprint density at radius 2 is 1.64 bits per heavy atom. The number of aliphatic hydroxyl groups is 2. The first-order chi connectivity index (χ1) is 27.3. The second kappa shape index (κ2) is 17.8. The fourth-order valence-corrected chi connectivity index (χ4v) is 8.13. The number of phenols is 3. The Labute approximate surface area is 338 Å². The molecule has 0 radical (unpaired) electrons. The lowest BCUT2D eigenvalue weighted by molar-refractivity contribution is -0.160. The highest BCUT2D eigenvalue weighted by Crippen LogP contribution is 2.55. The van der Waals surface area contributed by atoms with Crippen LogP contribution in [0.1, 0.15) is 95.6 Å². The Morgan fingerprint density at radius 1 is 0.966 bits per heavy atom. The van der Waals surface area contributed by atoms with Crippen LogP contribution in [0, 0.1) is 30.6 Å². The monoisotopic (exact) mass is 807 g/mol. The summed E-state index contributed by atoms with van der Waals surface area (Å²) < 4.78 is 23.6. The summed E-state index contributed by atoms with van der Waals surface area (Å²) >= 11 is 0. The molecule has 1 aliphatic carbocycles. The van der Waals surface area contributed by atoms with Gasteiger partial charge in [-0.25, -0.2) is 0 Å². The standard InChI is InChI=1S/C43H57N3O12/c1-20-13-12-14-21(2)42(54)45-33-28(19-44-46-27-15-10-11-16-27)37(51)30-31(38(33)52)36(50)25(6)40-32(30)41(53)43(8,58-40)56-18-17-29(55-9)22(3)39(57-26(7)47)24(5)35(49)23(4)34(20)48/h12-14,17-20,22-24,27,29,34-35,39,46,48-52H,10-11,15-16H2,1-9H3,(H,45,54)/b13-12+,18-17+,21-14-,44-19?/t20-,22-,23+,24-,29-,34-,35+,39+,43-/m0/s1. The molecular formula is C43H57N3O12. The Balaban J connectivity index is 1.69. The topological polar surface area (TPSA) is 226 Å². The molecule has 2 aromatic carbocycles. The molecule has 6 rings (SSSR count). The molecule has 5 bridgehead atoms. The minimum Gasteiger partial charge on any atom is -0.507 e. The van der Waals surface area contributed by atoms with Crippen LogP contribution in [0.4, 0.5) is 5.69 Å². The Morgan fingerprint density at radius 3 is 2.28 bits per heavy atom. The summed E-state index contributed by atoms with van der Waals surface area (Å²) in [6, 6.07) is 0.0806. The highest BCUT2D eigenvalue weighted by atomic mass is 16.7. The van der Waals surface area contributed by atoms with Crippen molar-refractivity contribution in [2.75, 3.05) is 12.4 Å². The number of hydrogen-bond donors (Lipinski definition) is 7. The number of aromatic hydroxyl groups is 3. The highest BCUT2D eigenvalue weighted by Gasteiger charge is 2.50. The molecule has 2 aromatic rings. The van der Waals surface area contributed by atoms with E-state index in [1.54, 1.807) is 39.8 Å². The molecule has 9 atom stereocenters. The van der Waals surface area contributed by atoms with Crippen LogP contribution < -0.4 is 15.5 Å². The maximum absolute atomic E-state index is 14.4. The van der Waals surface area contributed by atoms with Gasteiger partial charge in [0, 0.05) is 67.2 Å². The van der Waals surface area contributed by atoms with Crippen LogP contribution in [0.5, 0.6) is 23.0 Å². The van der Waals surface area contributed by atoms with Gasteiger partial charge in [-0.05, 0) is 32.8 Å². The zero-order chi connectivity index (χ0) is 42.8. The number of ether oxygens (including phenoxy) is 4. The van der Waals surface area contributed by atoms with Crippen LogP contribution in [0.25, 0.3) is 10.8 Å². The lowest BCUT2D eigenvalue weighted by atomic mass is 9.78. The number of allylic oxidation sites excluding steroid dienone is 2. The van der Waals surface area contributed by atoms with Crippen molar-refractivity contribution in [3.63, 3.8) is 0 Å². The summed E-state index contributed by atoms with van der Waals surface area (Å²) in [6.07, 6.45) is 8.64. The number of Topliss-reactive ketones (excluding diaryl/α,β-unsaturated/α-hetero) is 1. The molecule has 3 heterocycles. The van der Waals surface area contributed by atoms with Crippen LogP contribution in [-0.2, 0) is 23.8 Å². The van der Waals surface area contributed by atoms with Gasteiger partial charge >= 0.3 is 11.8 Å². The number of hydrazone groups is 1. The summed E-state index contributed by atoms with van der Waals surface area (Å²) in [6.45, 7) is 12.5. The number of fused-ring (bicyclic) bond motifs is 14. The molecule has 1 fully saturated rings. The number of aliphatic hydroxyl groups excluding tert-OH is 2. The van der Waals surface area contributed by atoms with Crippen LogP contribution in [0.2, 0.25) is 0 Å². The smallest absolute Gasteiger partial charge is 0.312 e. The van der Waals surface area contributed by atoms with E-state index in [4.69, 9.17) is 18.9 Å². The summed E-state index contributed by atoms with van der Waals surface area (Å²) in [4.78, 5) is 40.4. The van der Waals surface area contributed by atoms with Gasteiger partial charge in [-0.1, -0.05) is 58.8 Å². The lowest BCUT2D eigenvalue weighted by Gasteiger charge is -2.38. The molecule has 1 amide bonds. The van der Waals surface area contributed by atoms with E-state index in [1.807, 2.05) is 0 Å². The number of phenolic OH excluding ortho intramolecular Hbond substituents is 3. The molecule has 0 aromatic heterocycles. The molecule has 15 nitrogen and oxygen atoms in total. The summed E-state index contributed by atoms with van der Waals surface area (Å²) in [5.74, 6) is -8.34. The highest BCUT2D eigenvalue weighted by molar-refractivity contribution is 6.23. The number of carbonyl (C=O) groups is 3. The van der Waals surface area contributed by atoms with Crippen molar-refractivity contribution >= 4 is 40.3 Å². The van der Waals surface area contributed by atoms with Gasteiger partial charge in [-0.2, -0.15) is 5.10 Å². The Kier molecular flexibility index (Phi) is 13.5. The second-order valence-corrected chi connectivity index (χ2v) is 16.0. The van der Waals surface area contributed by atoms with Crippen molar-refractivity contribution in [3.05, 3.63) is 52.8 Å². The first-order valence-corrected chi connectivity index (χ1v) is 19.7. The van der Waals surface area contributed by atoms with E-state index in [1.165, 1.54) is 59.4 Å². The number of anilines is 1. The maximum atomic E-state index is 14.4. The molecule has 0 unspecified atom stereocenters. The fourth-order valence-electron chi connectivity index (χ4n) is 8.13. The third-order valence-electron chi connectivity index (χ3n) is 11.8. The van der Waals surface area contributed by atoms with E-state index in [9.17, 15) is 39.9 Å². The number of hydrogen-bond acceptors (Lipinski definition) is 14. The van der Waals surface area contributed by atoms with Crippen molar-refractivity contribution in [2.45, 2.75) is 117 Å². The Hall–Kier alpha value is -5.12. The normalized spacial score (nSPS) is 32.1. The lowest BCUT2D eigenvalue weighted by Crippen LogP contribution is -2.46. The molecule has 3 aliphatic heterocycles. The minimum absolute atomic E-state index is 0.0564. The van der Waals surface area contributed by atoms with Crippen LogP contribution in [0.15, 0.2) is 41.2 Å². The molecule has 4 aliphatic rings. The van der Waals surface area contributed by atoms with E-state index in [-0.39, 0.29) is 50.5 Å². The number of nitrogens with zero attached hydrogens (tertiary/aromatic N) is 1. The number of ketones is 1. The van der Waals surface area contributed by atoms with E-state index in [2.05, 4.69) is 15.8 Å². The fraction of sp³-hybridized carbons (Fsp3) is 0.535. The SMILES string of the molecule is CO[C@H]1/C=C/O[C@@]2(C)Oc3c(C)c(O)c4c(O)c(c(C=NNC5CCCC5)c(O)c4c3C2=O)NC(=O)/C(C)=C\C=C\[C@H](C)[C@H](O)[C@@H](C)[C@@H](O)[C@H](C)[C@H](OC(C)=O)[C@H]1C. The van der Waals surface area contributed by atoms with Gasteiger partial charge in [0.25, 0.3) is 11.7 Å². The van der Waals surface area contributed by atoms with Gasteiger partial charge in [0.2, 0.25) is 0 Å². The van der Waals surface area contributed by atoms with E-state index >= 15 is 0 Å². The van der Waals surface area contributed by atoms with Crippen LogP contribution in [0.3, 0.4) is 0 Å². The van der Waals surface area contributed by atoms with Crippen molar-refractivity contribution in [2.24, 2.45) is 28.8 Å². The minimum atomic E-state index is -2.04. The number of benzene rings is 2. The van der Waals surface area contributed by atoms with E-state index in [0.717, 1.165) is 25.7 Å².